The predicted octanol–water partition coefficient (Wildman–Crippen LogP) is 2.13. The van der Waals surface area contributed by atoms with E-state index in [9.17, 15) is 0 Å². The van der Waals surface area contributed by atoms with Crippen LogP contribution >= 0.6 is 0 Å². The van der Waals surface area contributed by atoms with Crippen molar-refractivity contribution in [2.24, 2.45) is 5.73 Å². The molecule has 4 heteroatoms. The number of hydrogen-bond donors (Lipinski definition) is 1. The van der Waals surface area contributed by atoms with Crippen LogP contribution in [0.4, 0.5) is 0 Å². The first-order chi connectivity index (χ1) is 8.44. The van der Waals surface area contributed by atoms with E-state index in [1.54, 1.807) is 6.20 Å². The molecule has 0 saturated heterocycles. The Hall–Kier alpha value is -1.81. The molecular formula is C14H18N4. The molecule has 2 aromatic rings. The van der Waals surface area contributed by atoms with Gasteiger partial charge in [-0.15, -0.1) is 0 Å². The lowest BCUT2D eigenvalue weighted by atomic mass is 10.0. The molecule has 18 heavy (non-hydrogen) atoms. The molecule has 2 heterocycles. The van der Waals surface area contributed by atoms with E-state index < -0.39 is 0 Å². The fourth-order valence-corrected chi connectivity index (χ4v) is 1.76. The predicted molar refractivity (Wildman–Crippen MR) is 72.0 cm³/mol. The standard InChI is InChI=1S/C14H18N4/c1-10-8-12(11-6-4-5-7-16-11)18-13(17-10)9-14(2,3)15/h4-8H,9,15H2,1-3H3. The Labute approximate surface area is 107 Å². The van der Waals surface area contributed by atoms with Crippen molar-refractivity contribution >= 4 is 0 Å². The minimum absolute atomic E-state index is 0.310. The highest BCUT2D eigenvalue weighted by molar-refractivity contribution is 5.53. The van der Waals surface area contributed by atoms with Gasteiger partial charge in [0, 0.05) is 23.9 Å². The number of hydrogen-bond acceptors (Lipinski definition) is 4. The number of nitrogens with two attached hydrogens (primary N) is 1. The smallest absolute Gasteiger partial charge is 0.131 e. The average molecular weight is 242 g/mol. The van der Waals surface area contributed by atoms with Crippen LogP contribution in [0.1, 0.15) is 25.4 Å². The van der Waals surface area contributed by atoms with E-state index >= 15 is 0 Å². The van der Waals surface area contributed by atoms with Crippen LogP contribution in [0, 0.1) is 6.92 Å². The Kier molecular flexibility index (Phi) is 3.39. The summed E-state index contributed by atoms with van der Waals surface area (Å²) in [6.07, 6.45) is 2.41. The summed E-state index contributed by atoms with van der Waals surface area (Å²) in [5, 5.41) is 0. The first-order valence-corrected chi connectivity index (χ1v) is 5.99. The molecule has 0 aliphatic carbocycles. The second kappa shape index (κ2) is 4.82. The molecule has 0 saturated carbocycles. The summed E-state index contributed by atoms with van der Waals surface area (Å²) in [6.45, 7) is 5.90. The Bertz CT molecular complexity index is 529. The average Bonchev–Trinajstić information content (AvgIpc) is 2.27. The number of aryl methyl sites for hydroxylation is 1. The van der Waals surface area contributed by atoms with Gasteiger partial charge in [-0.3, -0.25) is 4.98 Å². The quantitative estimate of drug-likeness (QED) is 0.895. The highest BCUT2D eigenvalue weighted by Gasteiger charge is 2.15. The van der Waals surface area contributed by atoms with Gasteiger partial charge in [-0.25, -0.2) is 9.97 Å². The molecule has 2 aromatic heterocycles. The zero-order chi connectivity index (χ0) is 13.2. The molecule has 0 amide bonds. The van der Waals surface area contributed by atoms with Crippen molar-refractivity contribution in [1.82, 2.24) is 15.0 Å². The third-order valence-electron chi connectivity index (χ3n) is 2.44. The maximum absolute atomic E-state index is 6.01. The van der Waals surface area contributed by atoms with Gasteiger partial charge < -0.3 is 5.73 Å². The Morgan fingerprint density at radius 3 is 2.56 bits per heavy atom. The molecule has 0 spiro atoms. The minimum atomic E-state index is -0.310. The highest BCUT2D eigenvalue weighted by atomic mass is 14.9. The maximum Gasteiger partial charge on any atom is 0.131 e. The molecule has 0 aliphatic heterocycles. The molecule has 94 valence electrons. The highest BCUT2D eigenvalue weighted by Crippen LogP contribution is 2.16. The molecule has 0 bridgehead atoms. The zero-order valence-electron chi connectivity index (χ0n) is 11.0. The van der Waals surface area contributed by atoms with E-state index in [4.69, 9.17) is 5.73 Å². The van der Waals surface area contributed by atoms with Crippen molar-refractivity contribution in [1.29, 1.82) is 0 Å². The van der Waals surface area contributed by atoms with E-state index in [0.29, 0.717) is 6.42 Å². The first kappa shape index (κ1) is 12.6. The molecule has 4 nitrogen and oxygen atoms in total. The maximum atomic E-state index is 6.01. The van der Waals surface area contributed by atoms with Crippen LogP contribution in [0.5, 0.6) is 0 Å². The number of rotatable bonds is 3. The lowest BCUT2D eigenvalue weighted by molar-refractivity contribution is 0.502. The summed E-state index contributed by atoms with van der Waals surface area (Å²) in [5.41, 5.74) is 8.35. The van der Waals surface area contributed by atoms with E-state index in [0.717, 1.165) is 22.9 Å². The largest absolute Gasteiger partial charge is 0.325 e. The van der Waals surface area contributed by atoms with Crippen LogP contribution in [0.3, 0.4) is 0 Å². The molecule has 0 unspecified atom stereocenters. The number of pyridine rings is 1. The van der Waals surface area contributed by atoms with Gasteiger partial charge in [0.15, 0.2) is 0 Å². The van der Waals surface area contributed by atoms with E-state index in [1.165, 1.54) is 0 Å². The molecule has 0 atom stereocenters. The monoisotopic (exact) mass is 242 g/mol. The van der Waals surface area contributed by atoms with Gasteiger partial charge in [-0.2, -0.15) is 0 Å². The van der Waals surface area contributed by atoms with Crippen molar-refractivity contribution in [2.45, 2.75) is 32.7 Å². The summed E-state index contributed by atoms with van der Waals surface area (Å²) in [4.78, 5) is 13.3. The Balaban J connectivity index is 2.39. The summed E-state index contributed by atoms with van der Waals surface area (Å²) >= 11 is 0. The van der Waals surface area contributed by atoms with Crippen molar-refractivity contribution < 1.29 is 0 Å². The van der Waals surface area contributed by atoms with Crippen LogP contribution < -0.4 is 5.73 Å². The second-order valence-electron chi connectivity index (χ2n) is 5.19. The van der Waals surface area contributed by atoms with Crippen molar-refractivity contribution in [3.05, 3.63) is 42.0 Å². The second-order valence-corrected chi connectivity index (χ2v) is 5.19. The van der Waals surface area contributed by atoms with Gasteiger partial charge in [-0.05, 0) is 39.0 Å². The topological polar surface area (TPSA) is 64.7 Å². The van der Waals surface area contributed by atoms with Gasteiger partial charge >= 0.3 is 0 Å². The lowest BCUT2D eigenvalue weighted by Gasteiger charge is -2.17. The zero-order valence-corrected chi connectivity index (χ0v) is 11.0. The summed E-state index contributed by atoms with van der Waals surface area (Å²) in [6, 6.07) is 7.72. The minimum Gasteiger partial charge on any atom is -0.325 e. The Morgan fingerprint density at radius 1 is 1.17 bits per heavy atom. The first-order valence-electron chi connectivity index (χ1n) is 5.99. The van der Waals surface area contributed by atoms with Gasteiger partial charge in [0.2, 0.25) is 0 Å². The van der Waals surface area contributed by atoms with Gasteiger partial charge in [0.25, 0.3) is 0 Å². The molecular weight excluding hydrogens is 224 g/mol. The molecule has 2 rings (SSSR count). The van der Waals surface area contributed by atoms with Crippen molar-refractivity contribution in [3.63, 3.8) is 0 Å². The van der Waals surface area contributed by atoms with Crippen LogP contribution in [0.25, 0.3) is 11.4 Å². The van der Waals surface area contributed by atoms with Crippen LogP contribution in [0.15, 0.2) is 30.5 Å². The SMILES string of the molecule is Cc1cc(-c2ccccn2)nc(CC(C)(C)N)n1. The van der Waals surface area contributed by atoms with E-state index in [2.05, 4.69) is 15.0 Å². The molecule has 0 aliphatic rings. The van der Waals surface area contributed by atoms with Crippen LogP contribution in [-0.2, 0) is 6.42 Å². The van der Waals surface area contributed by atoms with Crippen LogP contribution in [-0.4, -0.2) is 20.5 Å². The normalized spacial score (nSPS) is 11.6. The third kappa shape index (κ3) is 3.34. The van der Waals surface area contributed by atoms with Gasteiger partial charge in [0.05, 0.1) is 11.4 Å². The molecule has 2 N–H and O–H groups in total. The Morgan fingerprint density at radius 2 is 1.94 bits per heavy atom. The van der Waals surface area contributed by atoms with Gasteiger partial charge in [0.1, 0.15) is 5.82 Å². The number of nitrogens with zero attached hydrogens (tertiary/aromatic N) is 3. The summed E-state index contributed by atoms with van der Waals surface area (Å²) in [7, 11) is 0. The number of aromatic nitrogens is 3. The van der Waals surface area contributed by atoms with Crippen LogP contribution in [0.2, 0.25) is 0 Å². The molecule has 0 aromatic carbocycles. The molecule has 0 radical (unpaired) electrons. The molecule has 0 fully saturated rings. The summed E-state index contributed by atoms with van der Waals surface area (Å²) < 4.78 is 0. The third-order valence-corrected chi connectivity index (χ3v) is 2.44. The van der Waals surface area contributed by atoms with Crippen molar-refractivity contribution in [3.8, 4) is 11.4 Å². The summed E-state index contributed by atoms with van der Waals surface area (Å²) in [5.74, 6) is 0.767. The lowest BCUT2D eigenvalue weighted by Crippen LogP contribution is -2.35. The van der Waals surface area contributed by atoms with Gasteiger partial charge in [-0.1, -0.05) is 6.07 Å². The van der Waals surface area contributed by atoms with E-state index in [-0.39, 0.29) is 5.54 Å². The van der Waals surface area contributed by atoms with E-state index in [1.807, 2.05) is 45.0 Å². The fourth-order valence-electron chi connectivity index (χ4n) is 1.76. The fraction of sp³-hybridized carbons (Fsp3) is 0.357. The van der Waals surface area contributed by atoms with Crippen molar-refractivity contribution in [2.75, 3.05) is 0 Å².